The molecule has 0 aromatic heterocycles. The summed E-state index contributed by atoms with van der Waals surface area (Å²) in [6.45, 7) is 1.44. The fourth-order valence-electron chi connectivity index (χ4n) is 2.68. The first-order chi connectivity index (χ1) is 11.7. The van der Waals surface area contributed by atoms with Crippen molar-refractivity contribution < 1.29 is 9.90 Å². The first-order valence-electron chi connectivity index (χ1n) is 7.88. The molecule has 3 heteroatoms. The Morgan fingerprint density at radius 3 is 1.79 bits per heavy atom. The lowest BCUT2D eigenvalue weighted by Gasteiger charge is -2.25. The zero-order valence-electron chi connectivity index (χ0n) is 13.3. The molecule has 3 rings (SSSR count). The predicted molar refractivity (Wildman–Crippen MR) is 96.2 cm³/mol. The van der Waals surface area contributed by atoms with Gasteiger partial charge in [0.15, 0.2) is 0 Å². The molecule has 0 aliphatic rings. The van der Waals surface area contributed by atoms with Gasteiger partial charge in [0.05, 0.1) is 5.56 Å². The van der Waals surface area contributed by atoms with E-state index in [-0.39, 0.29) is 0 Å². The smallest absolute Gasteiger partial charge is 0.335 e. The number of hydrogen-bond acceptors (Lipinski definition) is 2. The second-order valence-electron chi connectivity index (χ2n) is 5.68. The lowest BCUT2D eigenvalue weighted by atomic mass is 10.1. The molecule has 0 spiro atoms. The van der Waals surface area contributed by atoms with E-state index in [2.05, 4.69) is 29.2 Å². The molecule has 24 heavy (non-hydrogen) atoms. The standard InChI is InChI=1S/C21H19NO2/c23-21(24)19-12-7-13-20(14-19)22(15-17-8-3-1-4-9-17)16-18-10-5-2-6-11-18/h1-14H,15-16H2,(H,23,24). The van der Waals surface area contributed by atoms with E-state index in [1.165, 1.54) is 11.1 Å². The molecule has 0 fully saturated rings. The van der Waals surface area contributed by atoms with Crippen molar-refractivity contribution in [3.05, 3.63) is 102 Å². The number of rotatable bonds is 6. The van der Waals surface area contributed by atoms with Gasteiger partial charge in [0, 0.05) is 18.8 Å². The van der Waals surface area contributed by atoms with E-state index in [1.54, 1.807) is 18.2 Å². The molecule has 0 saturated carbocycles. The van der Waals surface area contributed by atoms with Crippen LogP contribution < -0.4 is 4.90 Å². The number of carboxylic acids is 1. The molecular weight excluding hydrogens is 298 g/mol. The number of anilines is 1. The van der Waals surface area contributed by atoms with Crippen molar-refractivity contribution in [2.24, 2.45) is 0 Å². The molecule has 120 valence electrons. The van der Waals surface area contributed by atoms with E-state index in [9.17, 15) is 9.90 Å². The van der Waals surface area contributed by atoms with E-state index in [0.29, 0.717) is 5.56 Å². The summed E-state index contributed by atoms with van der Waals surface area (Å²) in [6.07, 6.45) is 0. The number of hydrogen-bond donors (Lipinski definition) is 1. The SMILES string of the molecule is O=C(O)c1cccc(N(Cc2ccccc2)Cc2ccccc2)c1. The van der Waals surface area contributed by atoms with Crippen LogP contribution in [-0.4, -0.2) is 11.1 Å². The molecule has 0 amide bonds. The fraction of sp³-hybridized carbons (Fsp3) is 0.0952. The summed E-state index contributed by atoms with van der Waals surface area (Å²) < 4.78 is 0. The van der Waals surface area contributed by atoms with Gasteiger partial charge in [-0.15, -0.1) is 0 Å². The lowest BCUT2D eigenvalue weighted by Crippen LogP contribution is -2.22. The normalized spacial score (nSPS) is 10.3. The van der Waals surface area contributed by atoms with Gasteiger partial charge in [-0.3, -0.25) is 0 Å². The van der Waals surface area contributed by atoms with Gasteiger partial charge in [-0.2, -0.15) is 0 Å². The van der Waals surface area contributed by atoms with Crippen LogP contribution in [0.2, 0.25) is 0 Å². The van der Waals surface area contributed by atoms with E-state index >= 15 is 0 Å². The monoisotopic (exact) mass is 317 g/mol. The zero-order valence-corrected chi connectivity index (χ0v) is 13.3. The van der Waals surface area contributed by atoms with Crippen LogP contribution in [0.25, 0.3) is 0 Å². The van der Waals surface area contributed by atoms with Gasteiger partial charge < -0.3 is 10.0 Å². The Bertz CT molecular complexity index is 759. The highest BCUT2D eigenvalue weighted by molar-refractivity contribution is 5.88. The molecule has 0 atom stereocenters. The minimum absolute atomic E-state index is 0.304. The Hall–Kier alpha value is -3.07. The third-order valence-electron chi connectivity index (χ3n) is 3.89. The van der Waals surface area contributed by atoms with Crippen molar-refractivity contribution in [3.8, 4) is 0 Å². The van der Waals surface area contributed by atoms with E-state index < -0.39 is 5.97 Å². The highest BCUT2D eigenvalue weighted by atomic mass is 16.4. The highest BCUT2D eigenvalue weighted by Crippen LogP contribution is 2.21. The van der Waals surface area contributed by atoms with Crippen molar-refractivity contribution >= 4 is 11.7 Å². The Morgan fingerprint density at radius 1 is 0.750 bits per heavy atom. The maximum Gasteiger partial charge on any atom is 0.335 e. The summed E-state index contributed by atoms with van der Waals surface area (Å²) in [5, 5.41) is 9.25. The van der Waals surface area contributed by atoms with E-state index in [4.69, 9.17) is 0 Å². The summed E-state index contributed by atoms with van der Waals surface area (Å²) in [5.74, 6) is -0.906. The Morgan fingerprint density at radius 2 is 1.29 bits per heavy atom. The minimum Gasteiger partial charge on any atom is -0.478 e. The van der Waals surface area contributed by atoms with Crippen LogP contribution in [-0.2, 0) is 13.1 Å². The Labute approximate surface area is 141 Å². The topological polar surface area (TPSA) is 40.5 Å². The number of nitrogens with zero attached hydrogens (tertiary/aromatic N) is 1. The average molecular weight is 317 g/mol. The maximum atomic E-state index is 11.3. The first-order valence-corrected chi connectivity index (χ1v) is 7.88. The molecule has 0 aliphatic heterocycles. The molecule has 0 bridgehead atoms. The molecule has 3 aromatic carbocycles. The van der Waals surface area contributed by atoms with Crippen LogP contribution in [0.1, 0.15) is 21.5 Å². The van der Waals surface area contributed by atoms with Crippen LogP contribution in [0.4, 0.5) is 5.69 Å². The van der Waals surface area contributed by atoms with E-state index in [0.717, 1.165) is 18.8 Å². The summed E-state index contributed by atoms with van der Waals surface area (Å²) in [7, 11) is 0. The van der Waals surface area contributed by atoms with Crippen LogP contribution in [0.3, 0.4) is 0 Å². The average Bonchev–Trinajstić information content (AvgIpc) is 2.63. The fourth-order valence-corrected chi connectivity index (χ4v) is 2.68. The van der Waals surface area contributed by atoms with Crippen molar-refractivity contribution in [1.29, 1.82) is 0 Å². The van der Waals surface area contributed by atoms with Crippen LogP contribution in [0.5, 0.6) is 0 Å². The number of benzene rings is 3. The summed E-state index contributed by atoms with van der Waals surface area (Å²) in [5.41, 5.74) is 3.59. The largest absolute Gasteiger partial charge is 0.478 e. The molecular formula is C21H19NO2. The van der Waals surface area contributed by atoms with Gasteiger partial charge in [0.1, 0.15) is 0 Å². The minimum atomic E-state index is -0.906. The molecule has 3 aromatic rings. The predicted octanol–water partition coefficient (Wildman–Crippen LogP) is 4.59. The lowest BCUT2D eigenvalue weighted by molar-refractivity contribution is 0.0697. The number of aromatic carboxylic acids is 1. The number of carbonyl (C=O) groups is 1. The van der Waals surface area contributed by atoms with Crippen LogP contribution in [0, 0.1) is 0 Å². The van der Waals surface area contributed by atoms with Gasteiger partial charge in [-0.05, 0) is 29.3 Å². The van der Waals surface area contributed by atoms with Gasteiger partial charge >= 0.3 is 5.97 Å². The molecule has 3 nitrogen and oxygen atoms in total. The van der Waals surface area contributed by atoms with Crippen LogP contribution >= 0.6 is 0 Å². The van der Waals surface area contributed by atoms with Crippen molar-refractivity contribution in [1.82, 2.24) is 0 Å². The van der Waals surface area contributed by atoms with Gasteiger partial charge in [-0.1, -0.05) is 66.7 Å². The molecule has 0 saturated heterocycles. The summed E-state index contributed by atoms with van der Waals surface area (Å²) >= 11 is 0. The quantitative estimate of drug-likeness (QED) is 0.723. The van der Waals surface area contributed by atoms with Gasteiger partial charge in [0.2, 0.25) is 0 Å². The molecule has 0 unspecified atom stereocenters. The third kappa shape index (κ3) is 4.02. The van der Waals surface area contributed by atoms with E-state index in [1.807, 2.05) is 42.5 Å². The Kier molecular flexibility index (Phi) is 4.92. The molecule has 0 aliphatic carbocycles. The number of carboxylic acid groups (broad SMARTS) is 1. The first kappa shape index (κ1) is 15.8. The zero-order chi connectivity index (χ0) is 16.8. The Balaban J connectivity index is 1.92. The van der Waals surface area contributed by atoms with Crippen molar-refractivity contribution in [2.75, 3.05) is 4.90 Å². The van der Waals surface area contributed by atoms with Crippen molar-refractivity contribution in [2.45, 2.75) is 13.1 Å². The second kappa shape index (κ2) is 7.47. The molecule has 1 N–H and O–H groups in total. The van der Waals surface area contributed by atoms with Gasteiger partial charge in [0.25, 0.3) is 0 Å². The molecule has 0 radical (unpaired) electrons. The van der Waals surface area contributed by atoms with Crippen LogP contribution in [0.15, 0.2) is 84.9 Å². The highest BCUT2D eigenvalue weighted by Gasteiger charge is 2.11. The maximum absolute atomic E-state index is 11.3. The van der Waals surface area contributed by atoms with Gasteiger partial charge in [-0.25, -0.2) is 4.79 Å². The summed E-state index contributed by atoms with van der Waals surface area (Å²) in [6, 6.07) is 27.5. The molecule has 0 heterocycles. The van der Waals surface area contributed by atoms with Crippen molar-refractivity contribution in [3.63, 3.8) is 0 Å². The third-order valence-corrected chi connectivity index (χ3v) is 3.89. The summed E-state index contributed by atoms with van der Waals surface area (Å²) in [4.78, 5) is 13.5. The second-order valence-corrected chi connectivity index (χ2v) is 5.68.